The number of para-hydroxylation sites is 2. The Balaban J connectivity index is 0.000000709. The number of halogens is 2. The Bertz CT molecular complexity index is 1520. The van der Waals surface area contributed by atoms with Crippen molar-refractivity contribution in [3.63, 3.8) is 0 Å². The van der Waals surface area contributed by atoms with Crippen LogP contribution in [0.3, 0.4) is 0 Å². The number of carbonyl (C=O) groups is 2. The molecule has 5 N–H and O–H groups in total. The summed E-state index contributed by atoms with van der Waals surface area (Å²) in [7, 11) is -2.13. The van der Waals surface area contributed by atoms with Crippen LogP contribution in [0.2, 0.25) is 5.02 Å². The summed E-state index contributed by atoms with van der Waals surface area (Å²) in [4.78, 5) is 51.4. The summed E-state index contributed by atoms with van der Waals surface area (Å²) in [6.07, 6.45) is 7.62. The molecule has 14 nitrogen and oxygen atoms in total. The molecule has 0 aliphatic rings. The van der Waals surface area contributed by atoms with Crippen LogP contribution in [0.25, 0.3) is 0 Å². The van der Waals surface area contributed by atoms with E-state index < -0.39 is 31.3 Å². The molecule has 0 radical (unpaired) electrons. The molecule has 1 amide bonds. The molecule has 0 fully saturated rings. The van der Waals surface area contributed by atoms with Gasteiger partial charge in [-0.2, -0.15) is 0 Å². The molecular weight excluding hydrogens is 734 g/mol. The standard InChI is InChI=1S/C14H20ClNO2.C12H9ClN2O3.C3H8NO5P.C3H9S/c1-4-11-7-6-8-12(5-2)14(11)16(10-18-3)13(17)9-15;13-11-10(18-8-4-2-1-3-5-8)7-6-9(12(11)14)15(16)17;5-3(6)1-4-2-10(7,8)9;1-4(2)3/h6-8H,4-5,9-10H2,1-3H3;1-7H,14H2;4H,1-2H2,(H,5,6)(H2,7,8,9);1-3H3/q;;;+1/p-1. The monoisotopic (exact) mass is 778 g/mol. The third-order valence-electron chi connectivity index (χ3n) is 5.79. The zero-order valence-corrected chi connectivity index (χ0v) is 32.0. The largest absolute Gasteiger partial charge is 0.778 e. The lowest BCUT2D eigenvalue weighted by Gasteiger charge is -2.26. The van der Waals surface area contributed by atoms with Crippen LogP contribution in [-0.4, -0.2) is 78.1 Å². The summed E-state index contributed by atoms with van der Waals surface area (Å²) in [6, 6.07) is 17.7. The Labute approximate surface area is 305 Å². The fraction of sp³-hybridized carbons (Fsp3) is 0.375. The number of hydrogen-bond acceptors (Lipinski definition) is 10. The average Bonchev–Trinajstić information content (AvgIpc) is 3.05. The zero-order chi connectivity index (χ0) is 38.4. The maximum absolute atomic E-state index is 12.0. The van der Waals surface area contributed by atoms with Crippen molar-refractivity contribution >= 4 is 70.6 Å². The highest BCUT2D eigenvalue weighted by atomic mass is 35.5. The Kier molecular flexibility index (Phi) is 23.0. The molecular formula is C32H45Cl2N4O10PS. The minimum absolute atomic E-state index is 0.0352. The highest BCUT2D eigenvalue weighted by Gasteiger charge is 2.20. The van der Waals surface area contributed by atoms with Crippen LogP contribution in [0.4, 0.5) is 17.1 Å². The fourth-order valence-electron chi connectivity index (χ4n) is 3.74. The number of nitro groups is 1. The number of aliphatic carboxylic acids is 1. The van der Waals surface area contributed by atoms with E-state index in [-0.39, 0.29) is 40.7 Å². The SMILES string of the molecule is CCc1cccc(CC)c1N(COC)C(=O)CCl.C[S+](C)C.Nc1c([N+](=O)[O-])ccc(Oc2ccccc2)c1Cl.O=C(O)CNCP(=O)([O-])O. The van der Waals surface area contributed by atoms with E-state index in [0.29, 0.717) is 16.6 Å². The summed E-state index contributed by atoms with van der Waals surface area (Å²) < 4.78 is 20.6. The average molecular weight is 780 g/mol. The summed E-state index contributed by atoms with van der Waals surface area (Å²) >= 11 is 11.6. The maximum Gasteiger partial charge on any atom is 0.317 e. The first-order valence-electron chi connectivity index (χ1n) is 14.8. The molecule has 1 unspecified atom stereocenters. The van der Waals surface area contributed by atoms with E-state index in [1.54, 1.807) is 36.3 Å². The third-order valence-corrected chi connectivity index (χ3v) is 7.03. The summed E-state index contributed by atoms with van der Waals surface area (Å²) in [5.74, 6) is -0.480. The number of nitrogens with two attached hydrogens (primary N) is 1. The number of anilines is 2. The maximum atomic E-state index is 12.0. The Morgan fingerprint density at radius 3 is 2.00 bits per heavy atom. The van der Waals surface area contributed by atoms with Crippen LogP contribution in [-0.2, 0) is 42.6 Å². The second-order valence-corrected chi connectivity index (χ2v) is 15.0. The van der Waals surface area contributed by atoms with Gasteiger partial charge in [0.05, 0.1) is 42.2 Å². The normalized spacial score (nSPS) is 11.3. The number of ether oxygens (including phenoxy) is 2. The van der Waals surface area contributed by atoms with Crippen molar-refractivity contribution in [1.82, 2.24) is 5.32 Å². The number of amides is 1. The zero-order valence-electron chi connectivity index (χ0n) is 28.8. The van der Waals surface area contributed by atoms with E-state index in [9.17, 15) is 29.2 Å². The minimum atomic E-state index is -4.35. The van der Waals surface area contributed by atoms with Gasteiger partial charge >= 0.3 is 5.97 Å². The molecule has 3 rings (SSSR count). The van der Waals surface area contributed by atoms with E-state index in [1.165, 1.54) is 12.1 Å². The first kappa shape index (κ1) is 46.6. The molecule has 0 spiro atoms. The lowest BCUT2D eigenvalue weighted by atomic mass is 10.0. The molecule has 278 valence electrons. The Morgan fingerprint density at radius 2 is 1.58 bits per heavy atom. The van der Waals surface area contributed by atoms with Crippen LogP contribution >= 0.6 is 30.8 Å². The van der Waals surface area contributed by atoms with Gasteiger partial charge in [0.1, 0.15) is 42.4 Å². The van der Waals surface area contributed by atoms with Crippen molar-refractivity contribution in [2.45, 2.75) is 26.7 Å². The van der Waals surface area contributed by atoms with E-state index >= 15 is 0 Å². The molecule has 50 heavy (non-hydrogen) atoms. The van der Waals surface area contributed by atoms with Crippen LogP contribution in [0, 0.1) is 10.1 Å². The number of nitrogens with one attached hydrogen (secondary N) is 1. The van der Waals surface area contributed by atoms with Gasteiger partial charge in [0.2, 0.25) is 5.91 Å². The van der Waals surface area contributed by atoms with Crippen LogP contribution in [0.1, 0.15) is 25.0 Å². The molecule has 0 saturated heterocycles. The molecule has 0 heterocycles. The third kappa shape index (κ3) is 18.6. The number of rotatable bonds is 13. The van der Waals surface area contributed by atoms with E-state index in [0.717, 1.165) is 29.7 Å². The van der Waals surface area contributed by atoms with Gasteiger partial charge in [-0.05, 0) is 53.1 Å². The second kappa shape index (κ2) is 24.7. The molecule has 0 aliphatic heterocycles. The van der Waals surface area contributed by atoms with Crippen molar-refractivity contribution < 1.29 is 43.4 Å². The molecule has 18 heteroatoms. The number of methoxy groups -OCH3 is 1. The first-order valence-corrected chi connectivity index (χ1v) is 19.9. The number of nitrogens with zero attached hydrogens (tertiary/aromatic N) is 2. The van der Waals surface area contributed by atoms with Crippen molar-refractivity contribution in [3.05, 3.63) is 86.9 Å². The summed E-state index contributed by atoms with van der Waals surface area (Å²) in [5, 5.41) is 20.7. The number of nitrogen functional groups attached to an aromatic ring is 1. The predicted octanol–water partition coefficient (Wildman–Crippen LogP) is 5.27. The lowest BCUT2D eigenvalue weighted by Crippen LogP contribution is -2.35. The van der Waals surface area contributed by atoms with Gasteiger partial charge in [-0.15, -0.1) is 11.6 Å². The predicted molar refractivity (Wildman–Crippen MR) is 200 cm³/mol. The molecule has 0 bridgehead atoms. The number of carbonyl (C=O) groups excluding carboxylic acids is 1. The smallest absolute Gasteiger partial charge is 0.317 e. The summed E-state index contributed by atoms with van der Waals surface area (Å²) in [5.41, 5.74) is 8.49. The van der Waals surface area contributed by atoms with Crippen LogP contribution < -0.4 is 25.6 Å². The Morgan fingerprint density at radius 1 is 1.04 bits per heavy atom. The number of hydrogen-bond donors (Lipinski definition) is 4. The van der Waals surface area contributed by atoms with E-state index in [4.69, 9.17) is 48.4 Å². The first-order chi connectivity index (χ1) is 23.4. The highest BCUT2D eigenvalue weighted by molar-refractivity contribution is 7.94. The van der Waals surface area contributed by atoms with E-state index in [2.05, 4.69) is 32.6 Å². The quantitative estimate of drug-likeness (QED) is 0.0332. The number of benzene rings is 3. The highest BCUT2D eigenvalue weighted by Crippen LogP contribution is 2.38. The van der Waals surface area contributed by atoms with Crippen molar-refractivity contribution in [3.8, 4) is 11.5 Å². The lowest BCUT2D eigenvalue weighted by molar-refractivity contribution is -0.383. The number of carboxylic acid groups (broad SMARTS) is 1. The number of alkyl halides is 1. The van der Waals surface area contributed by atoms with Gasteiger partial charge in [0, 0.05) is 13.2 Å². The van der Waals surface area contributed by atoms with E-state index in [1.807, 2.05) is 29.6 Å². The van der Waals surface area contributed by atoms with Crippen molar-refractivity contribution in [1.29, 1.82) is 0 Å². The molecule has 3 aromatic rings. The van der Waals surface area contributed by atoms with Gasteiger partial charge in [0.25, 0.3) is 5.69 Å². The molecule has 0 aliphatic carbocycles. The number of nitro benzene ring substituents is 1. The summed E-state index contributed by atoms with van der Waals surface area (Å²) in [6.45, 7) is 3.91. The van der Waals surface area contributed by atoms with Crippen molar-refractivity contribution in [2.75, 3.05) is 62.0 Å². The Hall–Kier alpha value is -3.40. The van der Waals surface area contributed by atoms with Gasteiger partial charge in [-0.25, -0.2) is 0 Å². The minimum Gasteiger partial charge on any atom is -0.778 e. The fourth-order valence-corrected chi connectivity index (χ4v) is 4.48. The molecule has 1 atom stereocenters. The van der Waals surface area contributed by atoms with Gasteiger partial charge in [-0.3, -0.25) is 29.9 Å². The van der Waals surface area contributed by atoms with Crippen LogP contribution in [0.15, 0.2) is 60.7 Å². The van der Waals surface area contributed by atoms with Crippen LogP contribution in [0.5, 0.6) is 11.5 Å². The topological polar surface area (TPSA) is 218 Å². The molecule has 0 aromatic heterocycles. The van der Waals surface area contributed by atoms with Gasteiger partial charge in [0.15, 0.2) is 0 Å². The molecule has 3 aromatic carbocycles. The van der Waals surface area contributed by atoms with Crippen molar-refractivity contribution in [2.24, 2.45) is 0 Å². The number of carboxylic acids is 1. The molecule has 0 saturated carbocycles. The second-order valence-electron chi connectivity index (χ2n) is 10.3. The number of aryl methyl sites for hydroxylation is 2. The van der Waals surface area contributed by atoms with Gasteiger partial charge < -0.3 is 34.7 Å². The van der Waals surface area contributed by atoms with Gasteiger partial charge in [-0.1, -0.05) is 61.8 Å².